The van der Waals surface area contributed by atoms with E-state index in [9.17, 15) is 12.8 Å². The summed E-state index contributed by atoms with van der Waals surface area (Å²) in [4.78, 5) is 0.126. The molecule has 3 rings (SSSR count). The summed E-state index contributed by atoms with van der Waals surface area (Å²) in [5, 5.41) is 12.6. The first-order valence-electron chi connectivity index (χ1n) is 7.97. The summed E-state index contributed by atoms with van der Waals surface area (Å²) in [6, 6.07) is 12.2. The highest BCUT2D eigenvalue weighted by molar-refractivity contribution is 7.91. The van der Waals surface area contributed by atoms with E-state index in [1.54, 1.807) is 24.3 Å². The van der Waals surface area contributed by atoms with E-state index in [-0.39, 0.29) is 27.0 Å². The third-order valence-corrected chi connectivity index (χ3v) is 5.59. The fourth-order valence-electron chi connectivity index (χ4n) is 2.41. The highest BCUT2D eigenvalue weighted by Crippen LogP contribution is 2.28. The first-order valence-corrected chi connectivity index (χ1v) is 9.45. The highest BCUT2D eigenvalue weighted by Gasteiger charge is 2.26. The number of nitrogens with one attached hydrogen (secondary N) is 2. The van der Waals surface area contributed by atoms with E-state index in [0.29, 0.717) is 5.69 Å². The van der Waals surface area contributed by atoms with Crippen molar-refractivity contribution in [1.82, 2.24) is 15.4 Å². The van der Waals surface area contributed by atoms with Crippen LogP contribution in [0.15, 0.2) is 58.5 Å². The maximum atomic E-state index is 13.0. The largest absolute Gasteiger partial charge is 0.336 e. The lowest BCUT2D eigenvalue weighted by atomic mass is 9.87. The summed E-state index contributed by atoms with van der Waals surface area (Å²) in [7, 11) is -3.86. The predicted octanol–water partition coefficient (Wildman–Crippen LogP) is 3.82. The number of aromatic amines is 1. The highest BCUT2D eigenvalue weighted by atomic mass is 32.2. The van der Waals surface area contributed by atoms with Crippen LogP contribution in [0.5, 0.6) is 0 Å². The minimum Gasteiger partial charge on any atom is -0.336 e. The SMILES string of the molecule is CC(C)(C)c1ccc(S(=O)(=O)c2n[nH]nc2Nc2ccc(F)cc2)cc1. The number of rotatable bonds is 4. The molecule has 0 atom stereocenters. The molecule has 3 aromatic rings. The van der Waals surface area contributed by atoms with Gasteiger partial charge < -0.3 is 5.32 Å². The molecule has 136 valence electrons. The average Bonchev–Trinajstić information content (AvgIpc) is 3.05. The van der Waals surface area contributed by atoms with Gasteiger partial charge in [0.2, 0.25) is 14.9 Å². The molecule has 0 saturated heterocycles. The van der Waals surface area contributed by atoms with Crippen LogP contribution in [0.1, 0.15) is 26.3 Å². The lowest BCUT2D eigenvalue weighted by molar-refractivity contribution is 0.585. The lowest BCUT2D eigenvalue weighted by Gasteiger charge is -2.19. The van der Waals surface area contributed by atoms with Crippen LogP contribution in [0, 0.1) is 5.82 Å². The molecule has 0 aliphatic heterocycles. The number of benzene rings is 2. The Balaban J connectivity index is 1.93. The van der Waals surface area contributed by atoms with Crippen molar-refractivity contribution < 1.29 is 12.8 Å². The molecule has 0 fully saturated rings. The van der Waals surface area contributed by atoms with Gasteiger partial charge in [0.05, 0.1) is 4.90 Å². The van der Waals surface area contributed by atoms with E-state index in [4.69, 9.17) is 0 Å². The van der Waals surface area contributed by atoms with Crippen molar-refractivity contribution in [3.05, 3.63) is 59.9 Å². The van der Waals surface area contributed by atoms with Crippen LogP contribution in [-0.2, 0) is 15.3 Å². The molecule has 0 aliphatic carbocycles. The Hall–Kier alpha value is -2.74. The van der Waals surface area contributed by atoms with Crippen LogP contribution in [0.3, 0.4) is 0 Å². The van der Waals surface area contributed by atoms with Gasteiger partial charge >= 0.3 is 0 Å². The molecule has 0 saturated carbocycles. The first kappa shape index (κ1) is 18.1. The molecular weight excluding hydrogens is 355 g/mol. The summed E-state index contributed by atoms with van der Waals surface area (Å²) in [5.41, 5.74) is 1.45. The van der Waals surface area contributed by atoms with Gasteiger partial charge in [-0.1, -0.05) is 32.9 Å². The third kappa shape index (κ3) is 3.60. The van der Waals surface area contributed by atoms with Gasteiger partial charge in [0.25, 0.3) is 0 Å². The molecule has 8 heteroatoms. The van der Waals surface area contributed by atoms with E-state index in [0.717, 1.165) is 5.56 Å². The Labute approximate surface area is 151 Å². The van der Waals surface area contributed by atoms with Gasteiger partial charge in [-0.15, -0.1) is 10.2 Å². The van der Waals surface area contributed by atoms with Crippen molar-refractivity contribution in [3.63, 3.8) is 0 Å². The fraction of sp³-hybridized carbons (Fsp3) is 0.222. The average molecular weight is 374 g/mol. The maximum absolute atomic E-state index is 13.0. The van der Waals surface area contributed by atoms with Gasteiger partial charge in [0.15, 0.2) is 5.82 Å². The Morgan fingerprint density at radius 2 is 1.58 bits per heavy atom. The van der Waals surface area contributed by atoms with Crippen LogP contribution in [0.4, 0.5) is 15.9 Å². The summed E-state index contributed by atoms with van der Waals surface area (Å²) < 4.78 is 38.8. The number of nitrogens with zero attached hydrogens (tertiary/aromatic N) is 2. The van der Waals surface area contributed by atoms with Crippen molar-refractivity contribution >= 4 is 21.3 Å². The molecule has 0 bridgehead atoms. The molecule has 26 heavy (non-hydrogen) atoms. The Bertz CT molecular complexity index is 1000. The van der Waals surface area contributed by atoms with E-state index in [1.807, 2.05) is 0 Å². The van der Waals surface area contributed by atoms with Gasteiger partial charge in [0.1, 0.15) is 5.82 Å². The van der Waals surface area contributed by atoms with E-state index < -0.39 is 9.84 Å². The summed E-state index contributed by atoms with van der Waals surface area (Å²) in [6.07, 6.45) is 0. The zero-order valence-corrected chi connectivity index (χ0v) is 15.4. The van der Waals surface area contributed by atoms with Crippen LogP contribution >= 0.6 is 0 Å². The molecule has 0 spiro atoms. The monoisotopic (exact) mass is 374 g/mol. The number of H-pyrrole nitrogens is 1. The summed E-state index contributed by atoms with van der Waals surface area (Å²) in [6.45, 7) is 6.16. The summed E-state index contributed by atoms with van der Waals surface area (Å²) in [5.74, 6) is -0.334. The zero-order valence-electron chi connectivity index (χ0n) is 14.6. The number of halogens is 1. The zero-order chi connectivity index (χ0) is 18.9. The number of aromatic nitrogens is 3. The van der Waals surface area contributed by atoms with Crippen molar-refractivity contribution in [2.45, 2.75) is 36.1 Å². The van der Waals surface area contributed by atoms with Crippen molar-refractivity contribution in [2.75, 3.05) is 5.32 Å². The molecule has 1 heterocycles. The van der Waals surface area contributed by atoms with Crippen LogP contribution < -0.4 is 5.32 Å². The Kier molecular flexibility index (Phi) is 4.53. The molecule has 0 radical (unpaired) electrons. The van der Waals surface area contributed by atoms with Gasteiger partial charge in [0, 0.05) is 5.69 Å². The van der Waals surface area contributed by atoms with Crippen molar-refractivity contribution in [1.29, 1.82) is 0 Å². The molecule has 2 N–H and O–H groups in total. The van der Waals surface area contributed by atoms with Crippen LogP contribution in [0.2, 0.25) is 0 Å². The summed E-state index contributed by atoms with van der Waals surface area (Å²) >= 11 is 0. The molecule has 1 aromatic heterocycles. The van der Waals surface area contributed by atoms with Gasteiger partial charge in [-0.05, 0) is 47.4 Å². The molecule has 0 aliphatic rings. The topological polar surface area (TPSA) is 87.7 Å². The van der Waals surface area contributed by atoms with E-state index in [2.05, 4.69) is 41.5 Å². The molecular formula is C18H19FN4O2S. The van der Waals surface area contributed by atoms with Crippen molar-refractivity contribution in [2.24, 2.45) is 0 Å². The third-order valence-electron chi connectivity index (χ3n) is 3.91. The molecule has 6 nitrogen and oxygen atoms in total. The number of hydrogen-bond acceptors (Lipinski definition) is 5. The van der Waals surface area contributed by atoms with E-state index >= 15 is 0 Å². The molecule has 0 amide bonds. The number of anilines is 2. The van der Waals surface area contributed by atoms with Crippen LogP contribution in [0.25, 0.3) is 0 Å². The van der Waals surface area contributed by atoms with Crippen LogP contribution in [-0.4, -0.2) is 23.8 Å². The second-order valence-corrected chi connectivity index (χ2v) is 8.75. The minimum absolute atomic E-state index is 0.0523. The quantitative estimate of drug-likeness (QED) is 0.725. The number of hydrogen-bond donors (Lipinski definition) is 2. The minimum atomic E-state index is -3.86. The van der Waals surface area contributed by atoms with Crippen molar-refractivity contribution in [3.8, 4) is 0 Å². The Morgan fingerprint density at radius 3 is 2.15 bits per heavy atom. The molecule has 2 aromatic carbocycles. The smallest absolute Gasteiger partial charge is 0.229 e. The van der Waals surface area contributed by atoms with E-state index in [1.165, 1.54) is 24.3 Å². The number of sulfone groups is 1. The first-order chi connectivity index (χ1) is 12.2. The predicted molar refractivity (Wildman–Crippen MR) is 96.7 cm³/mol. The lowest BCUT2D eigenvalue weighted by Crippen LogP contribution is -2.12. The fourth-order valence-corrected chi connectivity index (χ4v) is 3.64. The second-order valence-electron chi connectivity index (χ2n) is 6.89. The van der Waals surface area contributed by atoms with Gasteiger partial charge in [-0.3, -0.25) is 0 Å². The second kappa shape index (κ2) is 6.53. The normalized spacial score (nSPS) is 12.2. The van der Waals surface area contributed by atoms with Gasteiger partial charge in [-0.2, -0.15) is 5.21 Å². The Morgan fingerprint density at radius 1 is 0.962 bits per heavy atom. The molecule has 0 unspecified atom stereocenters. The standard InChI is InChI=1S/C18H19FN4O2S/c1-18(2,3)12-4-10-15(11-5-12)26(24,25)17-16(21-23-22-17)20-14-8-6-13(19)7-9-14/h4-11H,1-3H3,(H2,20,21,22,23). The van der Waals surface area contributed by atoms with Gasteiger partial charge in [-0.25, -0.2) is 12.8 Å². The maximum Gasteiger partial charge on any atom is 0.229 e.